The number of para-hydroxylation sites is 2. The zero-order valence-electron chi connectivity index (χ0n) is 33.3. The first kappa shape index (κ1) is 35.4. The van der Waals surface area contributed by atoms with E-state index in [1.165, 1.54) is 33.4 Å². The van der Waals surface area contributed by atoms with Crippen LogP contribution in [0.5, 0.6) is 0 Å². The fourth-order valence-electron chi connectivity index (χ4n) is 8.80. The molecular formula is C55H39N5. The Kier molecular flexibility index (Phi) is 8.41. The van der Waals surface area contributed by atoms with Gasteiger partial charge in [0, 0.05) is 33.4 Å². The minimum absolute atomic E-state index is 0.0701. The van der Waals surface area contributed by atoms with Crippen LogP contribution >= 0.6 is 0 Å². The molecule has 8 aromatic carbocycles. The molecule has 0 saturated carbocycles. The first-order valence-corrected chi connectivity index (χ1v) is 20.4. The molecule has 2 aromatic heterocycles. The van der Waals surface area contributed by atoms with Crippen molar-refractivity contribution in [3.05, 3.63) is 211 Å². The average molecular weight is 770 g/mol. The molecule has 0 radical (unpaired) electrons. The molecule has 0 fully saturated rings. The van der Waals surface area contributed by atoms with Gasteiger partial charge in [-0.1, -0.05) is 172 Å². The van der Waals surface area contributed by atoms with E-state index in [9.17, 15) is 0 Å². The number of imidazole rings is 1. The van der Waals surface area contributed by atoms with E-state index < -0.39 is 0 Å². The van der Waals surface area contributed by atoms with Gasteiger partial charge in [-0.05, 0) is 87.0 Å². The summed E-state index contributed by atoms with van der Waals surface area (Å²) in [5, 5.41) is 0. The Morgan fingerprint density at radius 3 is 1.57 bits per heavy atom. The lowest BCUT2D eigenvalue weighted by Crippen LogP contribution is -2.14. The standard InChI is InChI=1S/C55H39N5/c1-55(2)47-27-10-9-26-45(47)46-31-30-41(35-48(46)55)40-22-15-25-44(34-40)60-50-29-12-11-28-49(50)56-54(60)43-24-14-21-39(33-43)38-20-13-23-42(32-38)53-58-51(36-16-5-3-6-17-36)57-52(59-53)37-18-7-4-8-19-37/h3-35H,1-2H3. The van der Waals surface area contributed by atoms with Crippen molar-refractivity contribution in [2.24, 2.45) is 0 Å². The third-order valence-electron chi connectivity index (χ3n) is 11.9. The lowest BCUT2D eigenvalue weighted by molar-refractivity contribution is 0.660. The number of fused-ring (bicyclic) bond motifs is 4. The molecule has 0 atom stereocenters. The predicted octanol–water partition coefficient (Wildman–Crippen LogP) is 13.5. The molecule has 284 valence electrons. The van der Waals surface area contributed by atoms with Gasteiger partial charge in [0.25, 0.3) is 0 Å². The number of hydrogen-bond acceptors (Lipinski definition) is 4. The summed E-state index contributed by atoms with van der Waals surface area (Å²) in [6, 6.07) is 70.3. The van der Waals surface area contributed by atoms with Gasteiger partial charge in [-0.2, -0.15) is 0 Å². The second kappa shape index (κ2) is 14.3. The Bertz CT molecular complexity index is 3180. The topological polar surface area (TPSA) is 56.5 Å². The van der Waals surface area contributed by atoms with E-state index in [0.717, 1.165) is 55.9 Å². The van der Waals surface area contributed by atoms with Crippen LogP contribution in [0.15, 0.2) is 200 Å². The second-order valence-electron chi connectivity index (χ2n) is 15.9. The monoisotopic (exact) mass is 769 g/mol. The highest BCUT2D eigenvalue weighted by Crippen LogP contribution is 2.49. The molecule has 11 rings (SSSR count). The van der Waals surface area contributed by atoms with Crippen LogP contribution in [0, 0.1) is 0 Å². The van der Waals surface area contributed by atoms with Crippen molar-refractivity contribution in [2.45, 2.75) is 19.3 Å². The molecule has 0 aliphatic heterocycles. The third kappa shape index (κ3) is 6.11. The normalized spacial score (nSPS) is 12.6. The van der Waals surface area contributed by atoms with Gasteiger partial charge < -0.3 is 0 Å². The van der Waals surface area contributed by atoms with Gasteiger partial charge in [0.1, 0.15) is 5.82 Å². The molecule has 1 aliphatic carbocycles. The lowest BCUT2D eigenvalue weighted by Gasteiger charge is -2.22. The quantitative estimate of drug-likeness (QED) is 0.162. The van der Waals surface area contributed by atoms with Crippen molar-refractivity contribution in [1.82, 2.24) is 24.5 Å². The zero-order chi connectivity index (χ0) is 40.2. The summed E-state index contributed by atoms with van der Waals surface area (Å²) in [5.74, 6) is 2.79. The van der Waals surface area contributed by atoms with Crippen LogP contribution in [0.25, 0.3) is 95.7 Å². The first-order chi connectivity index (χ1) is 29.5. The van der Waals surface area contributed by atoms with Crippen molar-refractivity contribution in [2.75, 3.05) is 0 Å². The van der Waals surface area contributed by atoms with Crippen LogP contribution in [0.4, 0.5) is 0 Å². The Balaban J connectivity index is 0.984. The minimum atomic E-state index is -0.0701. The maximum Gasteiger partial charge on any atom is 0.164 e. The molecule has 0 unspecified atom stereocenters. The van der Waals surface area contributed by atoms with Crippen molar-refractivity contribution in [1.29, 1.82) is 0 Å². The van der Waals surface area contributed by atoms with Crippen molar-refractivity contribution in [3.63, 3.8) is 0 Å². The summed E-state index contributed by atoms with van der Waals surface area (Å²) >= 11 is 0. The van der Waals surface area contributed by atoms with Crippen LogP contribution in [-0.4, -0.2) is 24.5 Å². The van der Waals surface area contributed by atoms with Gasteiger partial charge in [0.05, 0.1) is 11.0 Å². The molecule has 0 spiro atoms. The number of rotatable bonds is 7. The van der Waals surface area contributed by atoms with Crippen LogP contribution in [0.1, 0.15) is 25.0 Å². The Labute approximate surface area is 349 Å². The fourth-order valence-corrected chi connectivity index (χ4v) is 8.80. The highest BCUT2D eigenvalue weighted by atomic mass is 15.1. The highest BCUT2D eigenvalue weighted by molar-refractivity contribution is 5.87. The van der Waals surface area contributed by atoms with E-state index in [-0.39, 0.29) is 5.41 Å². The van der Waals surface area contributed by atoms with E-state index in [4.69, 9.17) is 19.9 Å². The van der Waals surface area contributed by atoms with E-state index >= 15 is 0 Å². The number of benzene rings is 8. The fraction of sp³-hybridized carbons (Fsp3) is 0.0545. The molecule has 0 saturated heterocycles. The summed E-state index contributed by atoms with van der Waals surface area (Å²) in [7, 11) is 0. The van der Waals surface area contributed by atoms with Gasteiger partial charge >= 0.3 is 0 Å². The lowest BCUT2D eigenvalue weighted by atomic mass is 9.81. The van der Waals surface area contributed by atoms with Crippen LogP contribution in [-0.2, 0) is 5.41 Å². The summed E-state index contributed by atoms with van der Waals surface area (Å²) in [6.45, 7) is 4.67. The van der Waals surface area contributed by atoms with E-state index in [1.54, 1.807) is 0 Å². The maximum absolute atomic E-state index is 5.26. The van der Waals surface area contributed by atoms with Crippen LogP contribution in [0.3, 0.4) is 0 Å². The van der Waals surface area contributed by atoms with Gasteiger partial charge in [-0.3, -0.25) is 4.57 Å². The van der Waals surface area contributed by atoms with Crippen LogP contribution < -0.4 is 0 Å². The molecular weight excluding hydrogens is 731 g/mol. The Morgan fingerprint density at radius 2 is 0.850 bits per heavy atom. The molecule has 2 heterocycles. The maximum atomic E-state index is 5.26. The molecule has 5 heteroatoms. The summed E-state index contributed by atoms with van der Waals surface area (Å²) in [6.07, 6.45) is 0. The van der Waals surface area contributed by atoms with Crippen molar-refractivity contribution >= 4 is 11.0 Å². The Morgan fingerprint density at radius 1 is 0.350 bits per heavy atom. The van der Waals surface area contributed by atoms with E-state index in [1.807, 2.05) is 60.7 Å². The van der Waals surface area contributed by atoms with Crippen molar-refractivity contribution < 1.29 is 0 Å². The van der Waals surface area contributed by atoms with Gasteiger partial charge in [-0.15, -0.1) is 0 Å². The zero-order valence-corrected chi connectivity index (χ0v) is 33.3. The summed E-state index contributed by atoms with van der Waals surface area (Å²) < 4.78 is 2.29. The summed E-state index contributed by atoms with van der Waals surface area (Å²) in [5.41, 5.74) is 16.7. The number of nitrogens with zero attached hydrogens (tertiary/aromatic N) is 5. The molecule has 5 nitrogen and oxygen atoms in total. The number of hydrogen-bond donors (Lipinski definition) is 0. The molecule has 0 amide bonds. The molecule has 60 heavy (non-hydrogen) atoms. The number of aromatic nitrogens is 5. The molecule has 10 aromatic rings. The summed E-state index contributed by atoms with van der Waals surface area (Å²) in [4.78, 5) is 20.1. The largest absolute Gasteiger partial charge is 0.292 e. The predicted molar refractivity (Wildman–Crippen MR) is 245 cm³/mol. The minimum Gasteiger partial charge on any atom is -0.292 e. The van der Waals surface area contributed by atoms with Crippen molar-refractivity contribution in [3.8, 4) is 84.6 Å². The van der Waals surface area contributed by atoms with Gasteiger partial charge in [0.2, 0.25) is 0 Å². The SMILES string of the molecule is CC1(C)c2ccccc2-c2ccc(-c3cccc(-n4c(-c5cccc(-c6cccc(-c7nc(-c8ccccc8)nc(-c8ccccc8)n7)c6)c5)nc5ccccc54)c3)cc21. The molecule has 1 aliphatic rings. The first-order valence-electron chi connectivity index (χ1n) is 20.4. The molecule has 0 N–H and O–H groups in total. The van der Waals surface area contributed by atoms with Crippen LogP contribution in [0.2, 0.25) is 0 Å². The van der Waals surface area contributed by atoms with E-state index in [2.05, 4.69) is 158 Å². The third-order valence-corrected chi connectivity index (χ3v) is 11.9. The Hall–Kier alpha value is -7.76. The highest BCUT2D eigenvalue weighted by Gasteiger charge is 2.35. The van der Waals surface area contributed by atoms with E-state index in [0.29, 0.717) is 17.5 Å². The van der Waals surface area contributed by atoms with Gasteiger partial charge in [-0.25, -0.2) is 19.9 Å². The van der Waals surface area contributed by atoms with Gasteiger partial charge in [0.15, 0.2) is 17.5 Å². The smallest absolute Gasteiger partial charge is 0.164 e. The average Bonchev–Trinajstić information content (AvgIpc) is 3.82. The second-order valence-corrected chi connectivity index (χ2v) is 15.9. The molecule has 0 bridgehead atoms.